The molecule has 0 bridgehead atoms. The van der Waals surface area contributed by atoms with E-state index in [1.54, 1.807) is 0 Å². The number of para-hydroxylation sites is 2. The van der Waals surface area contributed by atoms with Crippen molar-refractivity contribution in [2.24, 2.45) is 11.8 Å². The van der Waals surface area contributed by atoms with Gasteiger partial charge in [0.05, 0.1) is 11.0 Å². The zero-order chi connectivity index (χ0) is 17.2. The molecule has 5 heteroatoms. The van der Waals surface area contributed by atoms with Gasteiger partial charge >= 0.3 is 0 Å². The molecule has 25 heavy (non-hydrogen) atoms. The molecular formula is C20H22N4O. The summed E-state index contributed by atoms with van der Waals surface area (Å²) >= 11 is 0. The van der Waals surface area contributed by atoms with Crippen molar-refractivity contribution in [2.45, 2.75) is 13.5 Å². The molecule has 0 radical (unpaired) electrons. The summed E-state index contributed by atoms with van der Waals surface area (Å²) in [7, 11) is 0. The van der Waals surface area contributed by atoms with Crippen molar-refractivity contribution < 1.29 is 4.79 Å². The fraction of sp³-hybridized carbons (Fsp3) is 0.300. The Hall–Kier alpha value is -2.66. The quantitative estimate of drug-likeness (QED) is 0.754. The maximum atomic E-state index is 12.2. The first kappa shape index (κ1) is 15.8. The molecule has 1 aromatic heterocycles. The Bertz CT molecular complexity index is 880. The van der Waals surface area contributed by atoms with E-state index in [-0.39, 0.29) is 11.8 Å². The van der Waals surface area contributed by atoms with Gasteiger partial charge in [0.25, 0.3) is 0 Å². The molecule has 0 aliphatic carbocycles. The van der Waals surface area contributed by atoms with Crippen LogP contribution in [0.1, 0.15) is 12.5 Å². The smallest absolute Gasteiger partial charge is 0.223 e. The molecule has 2 heterocycles. The molecule has 0 spiro atoms. The van der Waals surface area contributed by atoms with E-state index in [2.05, 4.69) is 50.5 Å². The van der Waals surface area contributed by atoms with Crippen LogP contribution in [0.2, 0.25) is 0 Å². The van der Waals surface area contributed by atoms with Crippen LogP contribution in [0.3, 0.4) is 0 Å². The Morgan fingerprint density at radius 2 is 2.00 bits per heavy atom. The van der Waals surface area contributed by atoms with E-state index in [0.29, 0.717) is 12.5 Å². The first-order valence-electron chi connectivity index (χ1n) is 8.72. The minimum absolute atomic E-state index is 0.0674. The van der Waals surface area contributed by atoms with Crippen LogP contribution < -0.4 is 10.6 Å². The predicted molar refractivity (Wildman–Crippen MR) is 98.4 cm³/mol. The van der Waals surface area contributed by atoms with Gasteiger partial charge in [-0.1, -0.05) is 31.2 Å². The zero-order valence-corrected chi connectivity index (χ0v) is 14.3. The lowest BCUT2D eigenvalue weighted by Gasteiger charge is -2.31. The van der Waals surface area contributed by atoms with Crippen LogP contribution in [0.5, 0.6) is 0 Å². The van der Waals surface area contributed by atoms with Crippen LogP contribution in [-0.4, -0.2) is 28.5 Å². The van der Waals surface area contributed by atoms with Crippen molar-refractivity contribution in [1.82, 2.24) is 20.2 Å². The van der Waals surface area contributed by atoms with Crippen molar-refractivity contribution >= 4 is 16.9 Å². The summed E-state index contributed by atoms with van der Waals surface area (Å²) in [6.45, 7) is 4.46. The highest BCUT2D eigenvalue weighted by Gasteiger charge is 2.28. The molecule has 0 saturated carbocycles. The monoisotopic (exact) mass is 334 g/mol. The summed E-state index contributed by atoms with van der Waals surface area (Å²) in [6.07, 6.45) is 1.84. The first-order valence-corrected chi connectivity index (χ1v) is 8.72. The van der Waals surface area contributed by atoms with Crippen LogP contribution in [0, 0.1) is 11.8 Å². The summed E-state index contributed by atoms with van der Waals surface area (Å²) in [4.78, 5) is 16.6. The fourth-order valence-corrected chi connectivity index (χ4v) is 3.17. The molecule has 1 aliphatic heterocycles. The van der Waals surface area contributed by atoms with E-state index in [4.69, 9.17) is 0 Å². The van der Waals surface area contributed by atoms with E-state index >= 15 is 0 Å². The number of carbonyl (C=O) groups is 1. The number of imidazole rings is 1. The fourth-order valence-electron chi connectivity index (χ4n) is 3.17. The van der Waals surface area contributed by atoms with Gasteiger partial charge in [0, 0.05) is 18.2 Å². The molecule has 1 unspecified atom stereocenters. The lowest BCUT2D eigenvalue weighted by molar-refractivity contribution is -0.126. The second-order valence-corrected chi connectivity index (χ2v) is 6.69. The maximum Gasteiger partial charge on any atom is 0.223 e. The summed E-state index contributed by atoms with van der Waals surface area (Å²) in [5.41, 5.74) is 4.24. The number of aromatic nitrogens is 2. The summed E-state index contributed by atoms with van der Waals surface area (Å²) in [6, 6.07) is 16.3. The molecule has 1 aliphatic rings. The number of rotatable bonds is 5. The van der Waals surface area contributed by atoms with E-state index < -0.39 is 0 Å². The number of nitrogens with zero attached hydrogens (tertiary/aromatic N) is 2. The standard InChI is InChI=1S/C20H22N4O/c1-14(16-11-21-12-16)20(25)22-10-15-6-8-17(9-7-15)24-13-23-18-4-2-3-5-19(18)24/h2-9,13-14,16,21H,10-12H2,1H3,(H,22,25). The van der Waals surface area contributed by atoms with Gasteiger partial charge in [0.1, 0.15) is 6.33 Å². The molecule has 5 nitrogen and oxygen atoms in total. The van der Waals surface area contributed by atoms with Crippen molar-refractivity contribution in [1.29, 1.82) is 0 Å². The van der Waals surface area contributed by atoms with E-state index in [0.717, 1.165) is 35.4 Å². The van der Waals surface area contributed by atoms with Gasteiger partial charge in [-0.15, -0.1) is 0 Å². The predicted octanol–water partition coefficient (Wildman–Crippen LogP) is 2.50. The maximum absolute atomic E-state index is 12.2. The van der Waals surface area contributed by atoms with Crippen molar-refractivity contribution in [2.75, 3.05) is 13.1 Å². The molecule has 2 aromatic carbocycles. The van der Waals surface area contributed by atoms with Gasteiger partial charge in [-0.3, -0.25) is 9.36 Å². The summed E-state index contributed by atoms with van der Waals surface area (Å²) in [5, 5.41) is 6.26. The van der Waals surface area contributed by atoms with Gasteiger partial charge in [-0.2, -0.15) is 0 Å². The molecule has 3 aromatic rings. The van der Waals surface area contributed by atoms with Crippen LogP contribution in [0.4, 0.5) is 0 Å². The van der Waals surface area contributed by atoms with E-state index in [9.17, 15) is 4.79 Å². The van der Waals surface area contributed by atoms with Crippen LogP contribution in [0.25, 0.3) is 16.7 Å². The molecule has 1 saturated heterocycles. The number of benzene rings is 2. The third-order valence-corrected chi connectivity index (χ3v) is 5.07. The third-order valence-electron chi connectivity index (χ3n) is 5.07. The minimum Gasteiger partial charge on any atom is -0.352 e. The second-order valence-electron chi connectivity index (χ2n) is 6.69. The van der Waals surface area contributed by atoms with Crippen molar-refractivity contribution in [3.63, 3.8) is 0 Å². The van der Waals surface area contributed by atoms with Gasteiger partial charge in [-0.25, -0.2) is 4.98 Å². The average Bonchev–Trinajstić information content (AvgIpc) is 3.02. The second kappa shape index (κ2) is 6.69. The molecule has 128 valence electrons. The van der Waals surface area contributed by atoms with Crippen LogP contribution in [0.15, 0.2) is 54.9 Å². The molecule has 2 N–H and O–H groups in total. The molecule has 1 fully saturated rings. The van der Waals surface area contributed by atoms with Crippen molar-refractivity contribution in [3.8, 4) is 5.69 Å². The largest absolute Gasteiger partial charge is 0.352 e. The number of hydrogen-bond donors (Lipinski definition) is 2. The third kappa shape index (κ3) is 3.15. The van der Waals surface area contributed by atoms with Gasteiger partial charge in [0.2, 0.25) is 5.91 Å². The topological polar surface area (TPSA) is 59.0 Å². The van der Waals surface area contributed by atoms with Crippen LogP contribution in [-0.2, 0) is 11.3 Å². The number of carbonyl (C=O) groups excluding carboxylic acids is 1. The van der Waals surface area contributed by atoms with E-state index in [1.165, 1.54) is 0 Å². The average molecular weight is 334 g/mol. The number of fused-ring (bicyclic) bond motifs is 1. The summed E-state index contributed by atoms with van der Waals surface area (Å²) < 4.78 is 2.07. The minimum atomic E-state index is 0.0674. The highest BCUT2D eigenvalue weighted by atomic mass is 16.1. The normalized spacial score (nSPS) is 15.7. The Morgan fingerprint density at radius 3 is 2.72 bits per heavy atom. The number of hydrogen-bond acceptors (Lipinski definition) is 3. The number of amides is 1. The van der Waals surface area contributed by atoms with E-state index in [1.807, 2.05) is 31.5 Å². The summed E-state index contributed by atoms with van der Waals surface area (Å²) in [5.74, 6) is 0.672. The zero-order valence-electron chi connectivity index (χ0n) is 14.3. The Morgan fingerprint density at radius 1 is 1.24 bits per heavy atom. The first-order chi connectivity index (χ1) is 12.2. The van der Waals surface area contributed by atoms with Crippen LogP contribution >= 0.6 is 0 Å². The molecule has 4 rings (SSSR count). The molecular weight excluding hydrogens is 312 g/mol. The van der Waals surface area contributed by atoms with Gasteiger partial charge < -0.3 is 10.6 Å². The van der Waals surface area contributed by atoms with Gasteiger partial charge in [0.15, 0.2) is 0 Å². The Balaban J connectivity index is 1.42. The SMILES string of the molecule is CC(C(=O)NCc1ccc(-n2cnc3ccccc32)cc1)C1CNC1. The molecule has 1 amide bonds. The lowest BCUT2D eigenvalue weighted by Crippen LogP contribution is -2.49. The van der Waals surface area contributed by atoms with Gasteiger partial charge in [-0.05, 0) is 48.8 Å². The van der Waals surface area contributed by atoms with Crippen molar-refractivity contribution in [3.05, 3.63) is 60.4 Å². The highest BCUT2D eigenvalue weighted by molar-refractivity contribution is 5.79. The Labute approximate surface area is 147 Å². The number of nitrogens with one attached hydrogen (secondary N) is 2. The molecule has 1 atom stereocenters. The highest BCUT2D eigenvalue weighted by Crippen LogP contribution is 2.19. The Kier molecular flexibility index (Phi) is 4.24. The lowest BCUT2D eigenvalue weighted by atomic mass is 9.88.